The molecule has 0 aliphatic heterocycles. The smallest absolute Gasteiger partial charge is 0.226 e. The summed E-state index contributed by atoms with van der Waals surface area (Å²) in [4.78, 5) is 12.2. The lowest BCUT2D eigenvalue weighted by Crippen LogP contribution is -2.19. The fourth-order valence-electron chi connectivity index (χ4n) is 2.42. The van der Waals surface area contributed by atoms with E-state index in [2.05, 4.69) is 17.3 Å². The van der Waals surface area contributed by atoms with Crippen molar-refractivity contribution in [2.75, 3.05) is 12.4 Å². The number of carbonyl (C=O) groups excluding carboxylic acids is 1. The van der Waals surface area contributed by atoms with E-state index in [9.17, 15) is 4.79 Å². The Kier molecular flexibility index (Phi) is 4.85. The number of hydrogen-bond acceptors (Lipinski definition) is 3. The molecule has 0 unspecified atom stereocenters. The summed E-state index contributed by atoms with van der Waals surface area (Å²) in [6.07, 6.45) is 0.382. The first kappa shape index (κ1) is 16.1. The zero-order valence-corrected chi connectivity index (χ0v) is 13.8. The number of benzene rings is 1. The van der Waals surface area contributed by atoms with Gasteiger partial charge in [-0.2, -0.15) is 5.10 Å². The number of aromatic nitrogens is 2. The SMILES string of the molecule is COc1ccc(NC(=O)C[C@@H](C)n2nc(C)c(C)c2C)cc1. The summed E-state index contributed by atoms with van der Waals surface area (Å²) < 4.78 is 7.03. The van der Waals surface area contributed by atoms with Crippen molar-refractivity contribution in [3.8, 4) is 5.75 Å². The van der Waals surface area contributed by atoms with Gasteiger partial charge in [0.25, 0.3) is 0 Å². The Balaban J connectivity index is 2.00. The molecule has 0 spiro atoms. The lowest BCUT2D eigenvalue weighted by Gasteiger charge is -2.14. The first-order valence-electron chi connectivity index (χ1n) is 7.38. The van der Waals surface area contributed by atoms with Crippen molar-refractivity contribution in [3.63, 3.8) is 0 Å². The molecule has 5 heteroatoms. The molecule has 118 valence electrons. The molecule has 2 rings (SSSR count). The molecule has 0 bridgehead atoms. The van der Waals surface area contributed by atoms with Crippen molar-refractivity contribution in [3.05, 3.63) is 41.2 Å². The van der Waals surface area contributed by atoms with Gasteiger partial charge in [-0.1, -0.05) is 0 Å². The molecule has 0 saturated carbocycles. The zero-order valence-electron chi connectivity index (χ0n) is 13.8. The minimum Gasteiger partial charge on any atom is -0.497 e. The largest absolute Gasteiger partial charge is 0.497 e. The van der Waals surface area contributed by atoms with Gasteiger partial charge >= 0.3 is 0 Å². The second-order valence-corrected chi connectivity index (χ2v) is 5.57. The standard InChI is InChI=1S/C17H23N3O2/c1-11(20-14(4)12(2)13(3)19-20)10-17(21)18-15-6-8-16(22-5)9-7-15/h6-9,11H,10H2,1-5H3,(H,18,21)/t11-/m1/s1. The molecule has 0 aliphatic rings. The lowest BCUT2D eigenvalue weighted by molar-refractivity contribution is -0.116. The summed E-state index contributed by atoms with van der Waals surface area (Å²) in [5.74, 6) is 0.743. The molecule has 1 amide bonds. The van der Waals surface area contributed by atoms with Crippen LogP contribution in [0.4, 0.5) is 5.69 Å². The van der Waals surface area contributed by atoms with Gasteiger partial charge in [0.2, 0.25) is 5.91 Å². The number of nitrogens with zero attached hydrogens (tertiary/aromatic N) is 2. The van der Waals surface area contributed by atoms with Gasteiger partial charge in [-0.05, 0) is 57.5 Å². The Hall–Kier alpha value is -2.30. The van der Waals surface area contributed by atoms with Crippen LogP contribution in [0.1, 0.15) is 36.3 Å². The van der Waals surface area contributed by atoms with Crippen LogP contribution in [0.5, 0.6) is 5.75 Å². The maximum absolute atomic E-state index is 12.2. The van der Waals surface area contributed by atoms with Gasteiger partial charge in [-0.25, -0.2) is 0 Å². The predicted molar refractivity (Wildman–Crippen MR) is 87.4 cm³/mol. The van der Waals surface area contributed by atoms with E-state index < -0.39 is 0 Å². The van der Waals surface area contributed by atoms with E-state index in [4.69, 9.17) is 4.74 Å². The maximum atomic E-state index is 12.2. The molecular formula is C17H23N3O2. The van der Waals surface area contributed by atoms with Crippen LogP contribution in [0.2, 0.25) is 0 Å². The van der Waals surface area contributed by atoms with Crippen LogP contribution < -0.4 is 10.1 Å². The van der Waals surface area contributed by atoms with E-state index in [0.29, 0.717) is 6.42 Å². The molecule has 1 aromatic heterocycles. The van der Waals surface area contributed by atoms with Crippen molar-refractivity contribution >= 4 is 11.6 Å². The maximum Gasteiger partial charge on any atom is 0.226 e. The molecule has 1 heterocycles. The molecule has 1 aromatic carbocycles. The highest BCUT2D eigenvalue weighted by atomic mass is 16.5. The average molecular weight is 301 g/mol. The first-order valence-corrected chi connectivity index (χ1v) is 7.38. The van der Waals surface area contributed by atoms with Gasteiger partial charge in [-0.15, -0.1) is 0 Å². The van der Waals surface area contributed by atoms with E-state index in [1.54, 1.807) is 7.11 Å². The van der Waals surface area contributed by atoms with E-state index >= 15 is 0 Å². The quantitative estimate of drug-likeness (QED) is 0.920. The van der Waals surface area contributed by atoms with Crippen LogP contribution in [0.25, 0.3) is 0 Å². The summed E-state index contributed by atoms with van der Waals surface area (Å²) in [5.41, 5.74) is 4.08. The number of amides is 1. The van der Waals surface area contributed by atoms with Crippen LogP contribution >= 0.6 is 0 Å². The summed E-state index contributed by atoms with van der Waals surface area (Å²) in [6, 6.07) is 7.32. The first-order chi connectivity index (χ1) is 10.4. The number of hydrogen-bond donors (Lipinski definition) is 1. The Morgan fingerprint density at radius 2 is 1.91 bits per heavy atom. The number of methoxy groups -OCH3 is 1. The van der Waals surface area contributed by atoms with E-state index in [-0.39, 0.29) is 11.9 Å². The van der Waals surface area contributed by atoms with Gasteiger partial charge in [0.1, 0.15) is 5.75 Å². The summed E-state index contributed by atoms with van der Waals surface area (Å²) in [6.45, 7) is 8.08. The predicted octanol–water partition coefficient (Wildman–Crippen LogP) is 3.41. The van der Waals surface area contributed by atoms with Crippen molar-refractivity contribution in [2.45, 2.75) is 40.2 Å². The highest BCUT2D eigenvalue weighted by Crippen LogP contribution is 2.20. The Labute approximate surface area is 131 Å². The average Bonchev–Trinajstić information content (AvgIpc) is 2.75. The monoisotopic (exact) mass is 301 g/mol. The van der Waals surface area contributed by atoms with Crippen molar-refractivity contribution in [1.82, 2.24) is 9.78 Å². The number of carbonyl (C=O) groups is 1. The van der Waals surface area contributed by atoms with E-state index in [1.807, 2.05) is 49.7 Å². The second-order valence-electron chi connectivity index (χ2n) is 5.57. The summed E-state index contributed by atoms with van der Waals surface area (Å²) in [7, 11) is 1.62. The molecule has 2 aromatic rings. The number of rotatable bonds is 5. The highest BCUT2D eigenvalue weighted by molar-refractivity contribution is 5.91. The van der Waals surface area contributed by atoms with Gasteiger partial charge in [0, 0.05) is 17.8 Å². The van der Waals surface area contributed by atoms with E-state index in [1.165, 1.54) is 5.56 Å². The van der Waals surface area contributed by atoms with Crippen LogP contribution in [0, 0.1) is 20.8 Å². The molecule has 5 nitrogen and oxygen atoms in total. The molecule has 0 aliphatic carbocycles. The third-order valence-corrected chi connectivity index (χ3v) is 3.96. The Morgan fingerprint density at radius 1 is 1.27 bits per heavy atom. The summed E-state index contributed by atoms with van der Waals surface area (Å²) in [5, 5.41) is 7.41. The molecule has 0 saturated heterocycles. The van der Waals surface area contributed by atoms with Crippen molar-refractivity contribution in [1.29, 1.82) is 0 Å². The van der Waals surface area contributed by atoms with Gasteiger partial charge < -0.3 is 10.1 Å². The fourth-order valence-corrected chi connectivity index (χ4v) is 2.42. The number of ether oxygens (including phenoxy) is 1. The van der Waals surface area contributed by atoms with Gasteiger partial charge in [-0.3, -0.25) is 9.48 Å². The van der Waals surface area contributed by atoms with Crippen molar-refractivity contribution in [2.24, 2.45) is 0 Å². The van der Waals surface area contributed by atoms with Crippen LogP contribution in [-0.4, -0.2) is 22.8 Å². The zero-order chi connectivity index (χ0) is 16.3. The minimum absolute atomic E-state index is 0.0191. The molecule has 22 heavy (non-hydrogen) atoms. The molecule has 1 N–H and O–H groups in total. The van der Waals surface area contributed by atoms with Gasteiger partial charge in [0.05, 0.1) is 18.8 Å². The van der Waals surface area contributed by atoms with Gasteiger partial charge in [0.15, 0.2) is 0 Å². The number of aryl methyl sites for hydroxylation is 1. The molecule has 1 atom stereocenters. The number of anilines is 1. The topological polar surface area (TPSA) is 56.1 Å². The second kappa shape index (κ2) is 6.64. The highest BCUT2D eigenvalue weighted by Gasteiger charge is 2.16. The molecular weight excluding hydrogens is 278 g/mol. The third kappa shape index (κ3) is 3.47. The van der Waals surface area contributed by atoms with Crippen molar-refractivity contribution < 1.29 is 9.53 Å². The summed E-state index contributed by atoms with van der Waals surface area (Å²) >= 11 is 0. The van der Waals surface area contributed by atoms with Crippen LogP contribution in [0.15, 0.2) is 24.3 Å². The van der Waals surface area contributed by atoms with E-state index in [0.717, 1.165) is 22.8 Å². The number of nitrogens with one attached hydrogen (secondary N) is 1. The van der Waals surface area contributed by atoms with Crippen LogP contribution in [0.3, 0.4) is 0 Å². The third-order valence-electron chi connectivity index (χ3n) is 3.96. The lowest BCUT2D eigenvalue weighted by atomic mass is 10.2. The Bertz CT molecular complexity index is 659. The molecule has 0 radical (unpaired) electrons. The minimum atomic E-state index is -0.0251. The fraction of sp³-hybridized carbons (Fsp3) is 0.412. The Morgan fingerprint density at radius 3 is 2.41 bits per heavy atom. The molecule has 0 fully saturated rings. The van der Waals surface area contributed by atoms with Crippen LogP contribution in [-0.2, 0) is 4.79 Å². The normalized spacial score (nSPS) is 12.0.